The summed E-state index contributed by atoms with van der Waals surface area (Å²) in [5.41, 5.74) is -1.03. The third kappa shape index (κ3) is 4.45. The van der Waals surface area contributed by atoms with Crippen LogP contribution >= 0.6 is 11.3 Å². The molecular formula is C25H21F3N4O2S. The van der Waals surface area contributed by atoms with Crippen LogP contribution in [-0.4, -0.2) is 38.7 Å². The Labute approximate surface area is 202 Å². The Morgan fingerprint density at radius 1 is 1.11 bits per heavy atom. The summed E-state index contributed by atoms with van der Waals surface area (Å²) in [5.74, 6) is -0.567. The molecule has 6 nitrogen and oxygen atoms in total. The molecule has 0 radical (unpaired) electrons. The molecule has 35 heavy (non-hydrogen) atoms. The van der Waals surface area contributed by atoms with Crippen LogP contribution in [0.2, 0.25) is 0 Å². The van der Waals surface area contributed by atoms with Crippen LogP contribution in [0.5, 0.6) is 0 Å². The van der Waals surface area contributed by atoms with Crippen molar-refractivity contribution in [2.24, 2.45) is 0 Å². The van der Waals surface area contributed by atoms with E-state index < -0.39 is 28.8 Å². The van der Waals surface area contributed by atoms with E-state index in [4.69, 9.17) is 4.98 Å². The van der Waals surface area contributed by atoms with Gasteiger partial charge in [0.05, 0.1) is 26.5 Å². The van der Waals surface area contributed by atoms with Gasteiger partial charge in [-0.15, -0.1) is 11.3 Å². The second-order valence-electron chi connectivity index (χ2n) is 8.54. The molecular weight excluding hydrogens is 477 g/mol. The summed E-state index contributed by atoms with van der Waals surface area (Å²) in [4.78, 5) is 32.3. The molecule has 0 N–H and O–H groups in total. The maximum Gasteiger partial charge on any atom is 0.418 e. The van der Waals surface area contributed by atoms with Crippen LogP contribution in [0.3, 0.4) is 0 Å². The van der Waals surface area contributed by atoms with Crippen LogP contribution < -0.4 is 5.43 Å². The fourth-order valence-corrected chi connectivity index (χ4v) is 5.51. The number of likely N-dealkylation sites (tertiary alicyclic amines) is 1. The Morgan fingerprint density at radius 2 is 1.86 bits per heavy atom. The van der Waals surface area contributed by atoms with Crippen LogP contribution in [0.25, 0.3) is 15.9 Å². The standard InChI is InChI=1S/C25H21F3N4O2S/c1-15-13-20(33)22(30-32(15)19-10-4-2-8-17(19)25(26,27)28)24(34)31-12-6-7-16(14-31)23-29-18-9-3-5-11-21(18)35-23/h2-5,8-11,13,16H,6-7,12,14H2,1H3/t16-/m1/s1. The predicted molar refractivity (Wildman–Crippen MR) is 127 cm³/mol. The zero-order valence-electron chi connectivity index (χ0n) is 18.7. The number of para-hydroxylation sites is 2. The van der Waals surface area contributed by atoms with Crippen LogP contribution in [-0.2, 0) is 6.18 Å². The highest BCUT2D eigenvalue weighted by Gasteiger charge is 2.35. The normalized spacial score (nSPS) is 16.6. The SMILES string of the molecule is Cc1cc(=O)c(C(=O)N2CCC[C@@H](c3nc4ccccc4s3)C2)nn1-c1ccccc1C(F)(F)F. The molecule has 1 aliphatic heterocycles. The molecule has 1 saturated heterocycles. The van der Waals surface area contributed by atoms with Crippen molar-refractivity contribution in [1.29, 1.82) is 0 Å². The Morgan fingerprint density at radius 3 is 2.63 bits per heavy atom. The lowest BCUT2D eigenvalue weighted by molar-refractivity contribution is -0.137. The molecule has 1 fully saturated rings. The number of amides is 1. The third-order valence-electron chi connectivity index (χ3n) is 6.12. The van der Waals surface area contributed by atoms with Gasteiger partial charge in [-0.25, -0.2) is 9.67 Å². The van der Waals surface area contributed by atoms with Crippen LogP contribution in [0.4, 0.5) is 13.2 Å². The van der Waals surface area contributed by atoms with Crippen LogP contribution in [0.1, 0.15) is 45.5 Å². The molecule has 5 rings (SSSR count). The number of aromatic nitrogens is 3. The highest BCUT2D eigenvalue weighted by molar-refractivity contribution is 7.18. The molecule has 1 atom stereocenters. The van der Waals surface area contributed by atoms with Gasteiger partial charge in [-0.2, -0.15) is 18.3 Å². The van der Waals surface area contributed by atoms with E-state index in [1.54, 1.807) is 16.2 Å². The van der Waals surface area contributed by atoms with E-state index in [1.807, 2.05) is 24.3 Å². The molecule has 10 heteroatoms. The van der Waals surface area contributed by atoms with E-state index in [1.165, 1.54) is 25.1 Å². The average Bonchev–Trinajstić information content (AvgIpc) is 3.28. The number of piperidine rings is 1. The number of thiazole rings is 1. The van der Waals surface area contributed by atoms with Crippen molar-refractivity contribution in [3.05, 3.63) is 86.8 Å². The number of rotatable bonds is 3. The molecule has 2 aromatic carbocycles. The van der Waals surface area contributed by atoms with E-state index in [2.05, 4.69) is 5.10 Å². The van der Waals surface area contributed by atoms with Gasteiger partial charge >= 0.3 is 6.18 Å². The van der Waals surface area contributed by atoms with Gasteiger partial charge in [0.1, 0.15) is 0 Å². The molecule has 3 heterocycles. The quantitative estimate of drug-likeness (QED) is 0.390. The lowest BCUT2D eigenvalue weighted by atomic mass is 9.98. The fourth-order valence-electron chi connectivity index (χ4n) is 4.42. The largest absolute Gasteiger partial charge is 0.418 e. The van der Waals surface area contributed by atoms with Crippen LogP contribution in [0.15, 0.2) is 59.4 Å². The Balaban J connectivity index is 1.47. The minimum atomic E-state index is -4.62. The highest BCUT2D eigenvalue weighted by Crippen LogP contribution is 2.35. The van der Waals surface area contributed by atoms with E-state index in [-0.39, 0.29) is 17.3 Å². The van der Waals surface area contributed by atoms with Crippen molar-refractivity contribution in [1.82, 2.24) is 19.7 Å². The Bertz CT molecular complexity index is 1440. The van der Waals surface area contributed by atoms with Crippen molar-refractivity contribution >= 4 is 27.5 Å². The van der Waals surface area contributed by atoms with Crippen molar-refractivity contribution in [3.63, 3.8) is 0 Å². The van der Waals surface area contributed by atoms with Gasteiger partial charge in [-0.1, -0.05) is 24.3 Å². The first-order valence-electron chi connectivity index (χ1n) is 11.1. The second-order valence-corrected chi connectivity index (χ2v) is 9.60. The number of carbonyl (C=O) groups excluding carboxylic acids is 1. The summed E-state index contributed by atoms with van der Waals surface area (Å²) >= 11 is 1.58. The van der Waals surface area contributed by atoms with Gasteiger partial charge in [0, 0.05) is 30.8 Å². The lowest BCUT2D eigenvalue weighted by Crippen LogP contribution is -2.42. The van der Waals surface area contributed by atoms with Gasteiger partial charge in [0.2, 0.25) is 5.43 Å². The summed E-state index contributed by atoms with van der Waals surface area (Å²) in [6.07, 6.45) is -3.03. The zero-order chi connectivity index (χ0) is 24.7. The van der Waals surface area contributed by atoms with Crippen LogP contribution in [0, 0.1) is 6.92 Å². The summed E-state index contributed by atoms with van der Waals surface area (Å²) in [5, 5.41) is 5.05. The smallest absolute Gasteiger partial charge is 0.336 e. The monoisotopic (exact) mass is 498 g/mol. The molecule has 0 aliphatic carbocycles. The van der Waals surface area contributed by atoms with Gasteiger partial charge in [0.15, 0.2) is 5.69 Å². The number of fused-ring (bicyclic) bond motifs is 1. The predicted octanol–water partition coefficient (Wildman–Crippen LogP) is 5.19. The van der Waals surface area contributed by atoms with E-state index >= 15 is 0 Å². The molecule has 0 saturated carbocycles. The summed E-state index contributed by atoms with van der Waals surface area (Å²) in [7, 11) is 0. The van der Waals surface area contributed by atoms with Gasteiger partial charge in [-0.05, 0) is 44.0 Å². The van der Waals surface area contributed by atoms with Gasteiger partial charge in [0.25, 0.3) is 5.91 Å². The lowest BCUT2D eigenvalue weighted by Gasteiger charge is -2.31. The summed E-state index contributed by atoms with van der Waals surface area (Å²) in [6, 6.07) is 13.9. The van der Waals surface area contributed by atoms with Crippen molar-refractivity contribution in [2.45, 2.75) is 31.9 Å². The minimum absolute atomic E-state index is 0.0173. The summed E-state index contributed by atoms with van der Waals surface area (Å²) in [6.45, 7) is 2.29. The maximum atomic E-state index is 13.6. The first-order chi connectivity index (χ1) is 16.7. The molecule has 1 aliphatic rings. The third-order valence-corrected chi connectivity index (χ3v) is 7.31. The van der Waals surface area contributed by atoms with E-state index in [0.29, 0.717) is 13.1 Å². The fraction of sp³-hybridized carbons (Fsp3) is 0.280. The van der Waals surface area contributed by atoms with Gasteiger partial charge in [-0.3, -0.25) is 9.59 Å². The molecule has 1 amide bonds. The molecule has 0 unspecified atom stereocenters. The van der Waals surface area contributed by atoms with Crippen molar-refractivity contribution < 1.29 is 18.0 Å². The number of nitrogens with zero attached hydrogens (tertiary/aromatic N) is 4. The van der Waals surface area contributed by atoms with E-state index in [9.17, 15) is 22.8 Å². The topological polar surface area (TPSA) is 68.1 Å². The van der Waals surface area contributed by atoms with Gasteiger partial charge < -0.3 is 4.90 Å². The van der Waals surface area contributed by atoms with Crippen molar-refractivity contribution in [3.8, 4) is 5.69 Å². The molecule has 0 bridgehead atoms. The molecule has 4 aromatic rings. The number of carbonyl (C=O) groups is 1. The number of aryl methyl sites for hydroxylation is 1. The zero-order valence-corrected chi connectivity index (χ0v) is 19.6. The average molecular weight is 499 g/mol. The van der Waals surface area contributed by atoms with Crippen molar-refractivity contribution in [2.75, 3.05) is 13.1 Å². The molecule has 180 valence electrons. The highest BCUT2D eigenvalue weighted by atomic mass is 32.1. The number of hydrogen-bond acceptors (Lipinski definition) is 5. The van der Waals surface area contributed by atoms with E-state index in [0.717, 1.165) is 44.9 Å². The maximum absolute atomic E-state index is 13.6. The summed E-state index contributed by atoms with van der Waals surface area (Å²) < 4.78 is 42.9. The number of halogens is 3. The number of hydrogen-bond donors (Lipinski definition) is 0. The Hall–Kier alpha value is -3.53. The number of alkyl halides is 3. The molecule has 0 spiro atoms. The minimum Gasteiger partial charge on any atom is -0.336 e. The number of benzene rings is 2. The first kappa shape index (κ1) is 23.2. The first-order valence-corrected chi connectivity index (χ1v) is 12.0. The Kier molecular flexibility index (Phi) is 5.92. The second kappa shape index (κ2) is 8.92. The molecule has 2 aromatic heterocycles.